The van der Waals surface area contributed by atoms with E-state index in [1.165, 1.54) is 0 Å². The summed E-state index contributed by atoms with van der Waals surface area (Å²) in [5.41, 5.74) is 0. The largest absolute Gasteiger partial charge is 0.378 e. The van der Waals surface area contributed by atoms with Crippen LogP contribution in [0.1, 0.15) is 26.7 Å². The Morgan fingerprint density at radius 3 is 3.06 bits per heavy atom. The van der Waals surface area contributed by atoms with Gasteiger partial charge in [0.25, 0.3) is 0 Å². The van der Waals surface area contributed by atoms with E-state index >= 15 is 0 Å². The summed E-state index contributed by atoms with van der Waals surface area (Å²) in [6.45, 7) is 4.95. The van der Waals surface area contributed by atoms with Crippen molar-refractivity contribution in [3.8, 4) is 12.3 Å². The van der Waals surface area contributed by atoms with Crippen LogP contribution < -0.4 is 10.6 Å². The molecule has 90 valence electrons. The third kappa shape index (κ3) is 4.21. The highest BCUT2D eigenvalue weighted by molar-refractivity contribution is 5.81. The monoisotopic (exact) mass is 224 g/mol. The van der Waals surface area contributed by atoms with Gasteiger partial charge in [-0.25, -0.2) is 0 Å². The molecule has 16 heavy (non-hydrogen) atoms. The predicted octanol–water partition coefficient (Wildman–Crippen LogP) is 0.281. The maximum Gasteiger partial charge on any atom is 0.237 e. The molecule has 1 amide bonds. The topological polar surface area (TPSA) is 50.4 Å². The average molecular weight is 224 g/mol. The van der Waals surface area contributed by atoms with Crippen molar-refractivity contribution < 1.29 is 9.53 Å². The van der Waals surface area contributed by atoms with Crippen molar-refractivity contribution in [1.82, 2.24) is 10.6 Å². The predicted molar refractivity (Wildman–Crippen MR) is 62.9 cm³/mol. The fraction of sp³-hybridized carbons (Fsp3) is 0.750. The van der Waals surface area contributed by atoms with Crippen LogP contribution >= 0.6 is 0 Å². The van der Waals surface area contributed by atoms with Crippen LogP contribution in [0.2, 0.25) is 0 Å². The molecule has 3 atom stereocenters. The third-order valence-corrected chi connectivity index (χ3v) is 2.73. The lowest BCUT2D eigenvalue weighted by atomic mass is 10.0. The highest BCUT2D eigenvalue weighted by Gasteiger charge is 2.22. The molecule has 0 bridgehead atoms. The van der Waals surface area contributed by atoms with E-state index in [9.17, 15) is 4.79 Å². The highest BCUT2D eigenvalue weighted by Crippen LogP contribution is 2.13. The molecule has 0 saturated carbocycles. The van der Waals surface area contributed by atoms with Crippen molar-refractivity contribution in [2.75, 3.05) is 13.2 Å². The first-order chi connectivity index (χ1) is 7.63. The van der Waals surface area contributed by atoms with Gasteiger partial charge in [0.2, 0.25) is 5.91 Å². The van der Waals surface area contributed by atoms with Gasteiger partial charge in [-0.05, 0) is 26.7 Å². The van der Waals surface area contributed by atoms with Crippen LogP contribution in [0, 0.1) is 12.3 Å². The Kier molecular flexibility index (Phi) is 5.30. The second-order valence-corrected chi connectivity index (χ2v) is 4.21. The maximum atomic E-state index is 11.6. The van der Waals surface area contributed by atoms with E-state index in [-0.39, 0.29) is 24.6 Å². The molecule has 0 aromatic heterocycles. The van der Waals surface area contributed by atoms with Crippen molar-refractivity contribution in [3.05, 3.63) is 0 Å². The molecule has 3 unspecified atom stereocenters. The number of amides is 1. The van der Waals surface area contributed by atoms with E-state index in [0.717, 1.165) is 19.4 Å². The van der Waals surface area contributed by atoms with Crippen LogP contribution in [-0.4, -0.2) is 37.2 Å². The summed E-state index contributed by atoms with van der Waals surface area (Å²) in [7, 11) is 0. The number of hydrogen-bond acceptors (Lipinski definition) is 3. The molecule has 1 aliphatic rings. The minimum Gasteiger partial charge on any atom is -0.378 e. The Bertz CT molecular complexity index is 273. The Balaban J connectivity index is 2.30. The molecule has 2 N–H and O–H groups in total. The summed E-state index contributed by atoms with van der Waals surface area (Å²) in [4.78, 5) is 11.6. The van der Waals surface area contributed by atoms with Gasteiger partial charge in [0.05, 0.1) is 18.7 Å². The molecule has 1 heterocycles. The molecule has 0 radical (unpaired) electrons. The molecule has 4 heteroatoms. The lowest BCUT2D eigenvalue weighted by molar-refractivity contribution is -0.123. The van der Waals surface area contributed by atoms with Gasteiger partial charge in [0.15, 0.2) is 0 Å². The zero-order valence-corrected chi connectivity index (χ0v) is 9.95. The first-order valence-corrected chi connectivity index (χ1v) is 5.72. The minimum atomic E-state index is -0.205. The zero-order valence-electron chi connectivity index (χ0n) is 9.95. The number of terminal acetylenes is 1. The second-order valence-electron chi connectivity index (χ2n) is 4.21. The summed E-state index contributed by atoms with van der Waals surface area (Å²) in [5, 5.41) is 5.96. The molecule has 1 rings (SSSR count). The zero-order chi connectivity index (χ0) is 12.0. The Hall–Kier alpha value is -1.05. The third-order valence-electron chi connectivity index (χ3n) is 2.73. The van der Waals surface area contributed by atoms with Crippen molar-refractivity contribution >= 4 is 5.91 Å². The standard InChI is InChI=1S/C12H20N2O2/c1-4-6-13-12(15)10(3)14-11-5-7-16-9(2)8-11/h1,9-11,14H,5-8H2,2-3H3,(H,13,15). The average Bonchev–Trinajstić information content (AvgIpc) is 2.25. The molecule has 0 aromatic rings. The molecule has 0 spiro atoms. The molecule has 0 aromatic carbocycles. The summed E-state index contributed by atoms with van der Waals surface area (Å²) in [6, 6.07) is 0.152. The Morgan fingerprint density at radius 2 is 2.44 bits per heavy atom. The Morgan fingerprint density at radius 1 is 1.69 bits per heavy atom. The molecule has 1 fully saturated rings. The molecule has 0 aliphatic carbocycles. The quantitative estimate of drug-likeness (QED) is 0.674. The number of rotatable bonds is 4. The van der Waals surface area contributed by atoms with E-state index in [1.807, 2.05) is 6.92 Å². The SMILES string of the molecule is C#CCNC(=O)C(C)NC1CCOC(C)C1. The van der Waals surface area contributed by atoms with Gasteiger partial charge in [-0.3, -0.25) is 4.79 Å². The first kappa shape index (κ1) is 13.0. The normalized spacial score (nSPS) is 26.8. The van der Waals surface area contributed by atoms with Crippen LogP contribution in [0.5, 0.6) is 0 Å². The van der Waals surface area contributed by atoms with E-state index in [1.54, 1.807) is 0 Å². The lowest BCUT2D eigenvalue weighted by Gasteiger charge is -2.30. The lowest BCUT2D eigenvalue weighted by Crippen LogP contribution is -2.49. The molecular weight excluding hydrogens is 204 g/mol. The molecular formula is C12H20N2O2. The fourth-order valence-corrected chi connectivity index (χ4v) is 1.87. The molecule has 4 nitrogen and oxygen atoms in total. The van der Waals surface area contributed by atoms with Gasteiger partial charge in [0, 0.05) is 12.6 Å². The summed E-state index contributed by atoms with van der Waals surface area (Å²) in [5.74, 6) is 2.34. The minimum absolute atomic E-state index is 0.0444. The van der Waals surface area contributed by atoms with Crippen LogP contribution in [0.25, 0.3) is 0 Å². The van der Waals surface area contributed by atoms with Crippen molar-refractivity contribution in [2.45, 2.75) is 44.9 Å². The second kappa shape index (κ2) is 6.51. The number of carbonyl (C=O) groups excluding carboxylic acids is 1. The van der Waals surface area contributed by atoms with E-state index in [4.69, 9.17) is 11.2 Å². The summed E-state index contributed by atoms with van der Waals surface area (Å²) in [6.07, 6.45) is 7.25. The summed E-state index contributed by atoms with van der Waals surface area (Å²) < 4.78 is 5.45. The van der Waals surface area contributed by atoms with Gasteiger partial charge in [-0.2, -0.15) is 0 Å². The van der Waals surface area contributed by atoms with Crippen LogP contribution in [0.15, 0.2) is 0 Å². The first-order valence-electron chi connectivity index (χ1n) is 5.72. The number of carbonyl (C=O) groups is 1. The van der Waals surface area contributed by atoms with Crippen molar-refractivity contribution in [2.24, 2.45) is 0 Å². The van der Waals surface area contributed by atoms with E-state index in [0.29, 0.717) is 6.04 Å². The van der Waals surface area contributed by atoms with Gasteiger partial charge < -0.3 is 15.4 Å². The maximum absolute atomic E-state index is 11.6. The van der Waals surface area contributed by atoms with Crippen LogP contribution in [0.3, 0.4) is 0 Å². The van der Waals surface area contributed by atoms with Crippen LogP contribution in [0.4, 0.5) is 0 Å². The number of nitrogens with one attached hydrogen (secondary N) is 2. The van der Waals surface area contributed by atoms with Gasteiger partial charge in [-0.15, -0.1) is 6.42 Å². The van der Waals surface area contributed by atoms with E-state index in [2.05, 4.69) is 23.5 Å². The number of hydrogen-bond donors (Lipinski definition) is 2. The van der Waals surface area contributed by atoms with E-state index < -0.39 is 0 Å². The van der Waals surface area contributed by atoms with Gasteiger partial charge >= 0.3 is 0 Å². The Labute approximate surface area is 97.1 Å². The smallest absolute Gasteiger partial charge is 0.237 e. The van der Waals surface area contributed by atoms with Gasteiger partial charge in [0.1, 0.15) is 0 Å². The van der Waals surface area contributed by atoms with Gasteiger partial charge in [-0.1, -0.05) is 5.92 Å². The van der Waals surface area contributed by atoms with Crippen molar-refractivity contribution in [3.63, 3.8) is 0 Å². The highest BCUT2D eigenvalue weighted by atomic mass is 16.5. The number of ether oxygens (including phenoxy) is 1. The fourth-order valence-electron chi connectivity index (χ4n) is 1.87. The summed E-state index contributed by atoms with van der Waals surface area (Å²) >= 11 is 0. The van der Waals surface area contributed by atoms with Crippen LogP contribution in [-0.2, 0) is 9.53 Å². The molecule has 1 aliphatic heterocycles. The van der Waals surface area contributed by atoms with Crippen molar-refractivity contribution in [1.29, 1.82) is 0 Å². The molecule has 1 saturated heterocycles.